The first kappa shape index (κ1) is 15.0. The maximum absolute atomic E-state index is 3.79. The fourth-order valence-electron chi connectivity index (χ4n) is 1.73. The third-order valence-corrected chi connectivity index (χ3v) is 2.99. The molecule has 0 aliphatic carbocycles. The van der Waals surface area contributed by atoms with Gasteiger partial charge in [-0.15, -0.1) is 5.73 Å². The molecular formula is C16H26. The molecule has 0 nitrogen and oxygen atoms in total. The van der Waals surface area contributed by atoms with Crippen LogP contribution in [-0.4, -0.2) is 0 Å². The lowest BCUT2D eigenvalue weighted by Gasteiger charge is -2.12. The van der Waals surface area contributed by atoms with Gasteiger partial charge in [0.1, 0.15) is 0 Å². The van der Waals surface area contributed by atoms with E-state index >= 15 is 0 Å². The molecule has 0 heterocycles. The summed E-state index contributed by atoms with van der Waals surface area (Å²) in [5.41, 5.74) is 5.52. The summed E-state index contributed by atoms with van der Waals surface area (Å²) in [6, 6.07) is 0. The Labute approximate surface area is 101 Å². The summed E-state index contributed by atoms with van der Waals surface area (Å²) in [7, 11) is 0. The van der Waals surface area contributed by atoms with E-state index in [0.717, 1.165) is 0 Å². The molecule has 0 aromatic carbocycles. The molecule has 0 N–H and O–H groups in total. The van der Waals surface area contributed by atoms with Gasteiger partial charge < -0.3 is 0 Å². The Morgan fingerprint density at radius 3 is 2.44 bits per heavy atom. The first-order valence-electron chi connectivity index (χ1n) is 6.33. The largest absolute Gasteiger partial charge is 0.129 e. The van der Waals surface area contributed by atoms with Gasteiger partial charge in [-0.3, -0.25) is 0 Å². The molecule has 0 aliphatic rings. The number of hydrogen-bond donors (Lipinski definition) is 0. The van der Waals surface area contributed by atoms with E-state index in [0.29, 0.717) is 5.92 Å². The first-order valence-corrected chi connectivity index (χ1v) is 6.33. The molecule has 0 radical (unpaired) electrons. The van der Waals surface area contributed by atoms with E-state index < -0.39 is 0 Å². The summed E-state index contributed by atoms with van der Waals surface area (Å²) < 4.78 is 0. The van der Waals surface area contributed by atoms with Crippen molar-refractivity contribution in [2.45, 2.75) is 52.9 Å². The van der Waals surface area contributed by atoms with Gasteiger partial charge in [0.25, 0.3) is 0 Å². The van der Waals surface area contributed by atoms with Crippen molar-refractivity contribution in [3.05, 3.63) is 42.2 Å². The highest BCUT2D eigenvalue weighted by atomic mass is 14.1. The van der Waals surface area contributed by atoms with Gasteiger partial charge in [-0.1, -0.05) is 63.5 Å². The fraction of sp³-hybridized carbons (Fsp3) is 0.562. The Bertz CT molecular complexity index is 274. The van der Waals surface area contributed by atoms with Crippen molar-refractivity contribution in [2.24, 2.45) is 5.92 Å². The lowest BCUT2D eigenvalue weighted by molar-refractivity contribution is 0.574. The van der Waals surface area contributed by atoms with Crippen molar-refractivity contribution in [3.63, 3.8) is 0 Å². The van der Waals surface area contributed by atoms with Gasteiger partial charge in [-0.25, -0.2) is 0 Å². The molecule has 0 heteroatoms. The molecule has 0 aliphatic heterocycles. The third-order valence-electron chi connectivity index (χ3n) is 2.99. The molecule has 0 amide bonds. The number of hydrogen-bond acceptors (Lipinski definition) is 0. The Hall–Kier alpha value is -1.00. The molecule has 0 rings (SSSR count). The number of rotatable bonds is 8. The van der Waals surface area contributed by atoms with E-state index in [1.807, 2.05) is 6.08 Å². The van der Waals surface area contributed by atoms with Gasteiger partial charge in [-0.05, 0) is 25.8 Å². The van der Waals surface area contributed by atoms with Crippen LogP contribution in [0.15, 0.2) is 42.2 Å². The highest BCUT2D eigenvalue weighted by Gasteiger charge is 2.07. The summed E-state index contributed by atoms with van der Waals surface area (Å²) in [4.78, 5) is 0. The van der Waals surface area contributed by atoms with Gasteiger partial charge >= 0.3 is 0 Å². The molecule has 1 atom stereocenters. The van der Waals surface area contributed by atoms with Gasteiger partial charge in [0.15, 0.2) is 0 Å². The second-order valence-corrected chi connectivity index (χ2v) is 4.43. The minimum Gasteiger partial charge on any atom is -0.129 e. The molecule has 0 aromatic rings. The van der Waals surface area contributed by atoms with Crippen LogP contribution >= 0.6 is 0 Å². The first-order chi connectivity index (χ1) is 7.65. The monoisotopic (exact) mass is 218 g/mol. The smallest absolute Gasteiger partial charge is 0.00554 e. The van der Waals surface area contributed by atoms with E-state index in [9.17, 15) is 0 Å². The molecule has 0 bridgehead atoms. The molecule has 0 fully saturated rings. The zero-order valence-electron chi connectivity index (χ0n) is 11.2. The fourth-order valence-corrected chi connectivity index (χ4v) is 1.73. The van der Waals surface area contributed by atoms with Gasteiger partial charge in [0.05, 0.1) is 0 Å². The second-order valence-electron chi connectivity index (χ2n) is 4.43. The Morgan fingerprint density at radius 2 is 1.94 bits per heavy atom. The quantitative estimate of drug-likeness (QED) is 0.289. The van der Waals surface area contributed by atoms with Crippen molar-refractivity contribution in [2.75, 3.05) is 0 Å². The minimum absolute atomic E-state index is 0.493. The van der Waals surface area contributed by atoms with E-state index in [-0.39, 0.29) is 0 Å². The molecular weight excluding hydrogens is 192 g/mol. The average Bonchev–Trinajstić information content (AvgIpc) is 2.31. The minimum atomic E-state index is 0.493. The van der Waals surface area contributed by atoms with Crippen molar-refractivity contribution in [3.8, 4) is 0 Å². The van der Waals surface area contributed by atoms with Gasteiger partial charge in [0.2, 0.25) is 0 Å². The molecule has 1 unspecified atom stereocenters. The van der Waals surface area contributed by atoms with Crippen LogP contribution in [0, 0.1) is 5.92 Å². The SMILES string of the molecule is C=C=C(C)C(/C=C(\C)C=C)CCCCCC. The zero-order chi connectivity index (χ0) is 12.4. The predicted octanol–water partition coefficient (Wildman–Crippen LogP) is 5.44. The van der Waals surface area contributed by atoms with Crippen LogP contribution in [-0.2, 0) is 0 Å². The van der Waals surface area contributed by atoms with Crippen LogP contribution < -0.4 is 0 Å². The van der Waals surface area contributed by atoms with Crippen molar-refractivity contribution in [1.29, 1.82) is 0 Å². The van der Waals surface area contributed by atoms with Crippen LogP contribution in [0.25, 0.3) is 0 Å². The summed E-state index contributed by atoms with van der Waals surface area (Å²) in [5.74, 6) is 0.493. The van der Waals surface area contributed by atoms with Crippen molar-refractivity contribution in [1.82, 2.24) is 0 Å². The lowest BCUT2D eigenvalue weighted by Crippen LogP contribution is -1.99. The third kappa shape index (κ3) is 6.48. The van der Waals surface area contributed by atoms with Crippen LogP contribution in [0.5, 0.6) is 0 Å². The second kappa shape index (κ2) is 9.24. The lowest BCUT2D eigenvalue weighted by atomic mass is 9.92. The van der Waals surface area contributed by atoms with Crippen molar-refractivity contribution < 1.29 is 0 Å². The summed E-state index contributed by atoms with van der Waals surface area (Å²) >= 11 is 0. The summed E-state index contributed by atoms with van der Waals surface area (Å²) in [6.45, 7) is 14.0. The number of unbranched alkanes of at least 4 members (excludes halogenated alkanes) is 3. The highest BCUT2D eigenvalue weighted by molar-refractivity contribution is 5.19. The van der Waals surface area contributed by atoms with Crippen molar-refractivity contribution >= 4 is 0 Å². The summed E-state index contributed by atoms with van der Waals surface area (Å²) in [6.07, 6.45) is 10.7. The maximum atomic E-state index is 3.79. The Balaban J connectivity index is 4.34. The van der Waals surface area contributed by atoms with E-state index in [1.54, 1.807) is 0 Å². The van der Waals surface area contributed by atoms with Crippen LogP contribution in [0.3, 0.4) is 0 Å². The van der Waals surface area contributed by atoms with Gasteiger partial charge in [-0.2, -0.15) is 0 Å². The molecule has 90 valence electrons. The summed E-state index contributed by atoms with van der Waals surface area (Å²) in [5, 5.41) is 0. The zero-order valence-corrected chi connectivity index (χ0v) is 11.2. The van der Waals surface area contributed by atoms with Crippen LogP contribution in [0.1, 0.15) is 52.9 Å². The predicted molar refractivity (Wildman–Crippen MR) is 74.5 cm³/mol. The van der Waals surface area contributed by atoms with E-state index in [4.69, 9.17) is 0 Å². The normalized spacial score (nSPS) is 13.1. The van der Waals surface area contributed by atoms with E-state index in [1.165, 1.54) is 43.3 Å². The van der Waals surface area contributed by atoms with Crippen LogP contribution in [0.2, 0.25) is 0 Å². The van der Waals surface area contributed by atoms with Crippen LogP contribution in [0.4, 0.5) is 0 Å². The molecule has 0 saturated carbocycles. The maximum Gasteiger partial charge on any atom is 0.00554 e. The van der Waals surface area contributed by atoms with Gasteiger partial charge in [0, 0.05) is 5.92 Å². The Kier molecular flexibility index (Phi) is 8.66. The molecule has 0 spiro atoms. The topological polar surface area (TPSA) is 0 Å². The number of allylic oxidation sites excluding steroid dienone is 4. The Morgan fingerprint density at radius 1 is 1.25 bits per heavy atom. The standard InChI is InChI=1S/C16H26/c1-6-9-10-11-12-16(15(5)8-3)13-14(4)7-2/h7,13,16H,2-3,6,9-12H2,1,4-5H3/b14-13+. The average molecular weight is 218 g/mol. The molecule has 0 saturated heterocycles. The molecule has 0 aromatic heterocycles. The van der Waals surface area contributed by atoms with E-state index in [2.05, 4.69) is 45.7 Å². The molecule has 16 heavy (non-hydrogen) atoms. The highest BCUT2D eigenvalue weighted by Crippen LogP contribution is 2.21.